The lowest BCUT2D eigenvalue weighted by Crippen LogP contribution is -2.28. The van der Waals surface area contributed by atoms with E-state index < -0.39 is 12.3 Å². The van der Waals surface area contributed by atoms with Gasteiger partial charge in [-0.05, 0) is 52.9 Å². The summed E-state index contributed by atoms with van der Waals surface area (Å²) >= 11 is 0. The van der Waals surface area contributed by atoms with Gasteiger partial charge in [0.05, 0.1) is 6.10 Å². The average molecular weight is 455 g/mol. The Hall–Kier alpha value is -1.20. The molecule has 32 heavy (non-hydrogen) atoms. The van der Waals surface area contributed by atoms with Crippen molar-refractivity contribution in [3.05, 3.63) is 12.2 Å². The largest absolute Gasteiger partial charge is 0.460 e. The molecule has 0 aliphatic carbocycles. The summed E-state index contributed by atoms with van der Waals surface area (Å²) in [6.45, 7) is 8.07. The molecular formula is C27H50O5. The first kappa shape index (κ1) is 30.8. The number of ether oxygens (including phenoxy) is 3. The number of unbranched alkanes of at least 4 members (excludes halogenated alkanes) is 12. The quantitative estimate of drug-likeness (QED) is 0.0532. The standard InChI is InChI=1S/C27H50O5/c1-5-6-7-8-9-10-11-12-13-14-15-16-17-18-19-20-21-30-27(32-24(2)3)23-31-26(29)22-25(4)28/h12-13,24,27H,5-11,14-23H2,1-4H3/b13-12-. The Labute approximate surface area is 197 Å². The van der Waals surface area contributed by atoms with Crippen LogP contribution in [-0.2, 0) is 23.8 Å². The fraction of sp³-hybridized carbons (Fsp3) is 0.852. The third-order valence-electron chi connectivity index (χ3n) is 5.16. The van der Waals surface area contributed by atoms with E-state index in [1.54, 1.807) is 0 Å². The summed E-state index contributed by atoms with van der Waals surface area (Å²) in [6, 6.07) is 0. The highest BCUT2D eigenvalue weighted by Crippen LogP contribution is 2.11. The van der Waals surface area contributed by atoms with Crippen molar-refractivity contribution in [2.45, 2.75) is 136 Å². The molecule has 0 aromatic carbocycles. The van der Waals surface area contributed by atoms with Crippen LogP contribution in [0.4, 0.5) is 0 Å². The molecule has 0 rings (SSSR count). The Bertz CT molecular complexity index is 473. The minimum absolute atomic E-state index is 0.0219. The maximum atomic E-state index is 11.5. The Morgan fingerprint density at radius 3 is 1.84 bits per heavy atom. The zero-order chi connectivity index (χ0) is 23.9. The minimum Gasteiger partial charge on any atom is -0.460 e. The van der Waals surface area contributed by atoms with Crippen LogP contribution >= 0.6 is 0 Å². The molecule has 0 aliphatic rings. The van der Waals surface area contributed by atoms with Gasteiger partial charge in [0.25, 0.3) is 0 Å². The van der Waals surface area contributed by atoms with Crippen molar-refractivity contribution in [1.82, 2.24) is 0 Å². The highest BCUT2D eigenvalue weighted by Gasteiger charge is 2.15. The van der Waals surface area contributed by atoms with E-state index in [4.69, 9.17) is 14.2 Å². The van der Waals surface area contributed by atoms with E-state index in [0.29, 0.717) is 6.61 Å². The van der Waals surface area contributed by atoms with Gasteiger partial charge in [-0.25, -0.2) is 0 Å². The highest BCUT2D eigenvalue weighted by atomic mass is 16.7. The van der Waals surface area contributed by atoms with Gasteiger partial charge in [-0.2, -0.15) is 0 Å². The van der Waals surface area contributed by atoms with Gasteiger partial charge in [-0.3, -0.25) is 9.59 Å². The Morgan fingerprint density at radius 1 is 0.781 bits per heavy atom. The van der Waals surface area contributed by atoms with Gasteiger partial charge in [-0.1, -0.05) is 76.9 Å². The summed E-state index contributed by atoms with van der Waals surface area (Å²) in [6.07, 6.45) is 21.7. The maximum absolute atomic E-state index is 11.5. The zero-order valence-electron chi connectivity index (χ0n) is 21.4. The monoisotopic (exact) mass is 454 g/mol. The van der Waals surface area contributed by atoms with Gasteiger partial charge in [0.1, 0.15) is 18.8 Å². The van der Waals surface area contributed by atoms with Crippen molar-refractivity contribution < 1.29 is 23.8 Å². The molecule has 0 N–H and O–H groups in total. The van der Waals surface area contributed by atoms with Crippen molar-refractivity contribution in [1.29, 1.82) is 0 Å². The van der Waals surface area contributed by atoms with Gasteiger partial charge in [0.15, 0.2) is 6.29 Å². The molecule has 188 valence electrons. The summed E-state index contributed by atoms with van der Waals surface area (Å²) in [4.78, 5) is 22.5. The fourth-order valence-corrected chi connectivity index (χ4v) is 3.41. The molecule has 1 atom stereocenters. The second-order valence-corrected chi connectivity index (χ2v) is 8.98. The van der Waals surface area contributed by atoms with Crippen LogP contribution in [0.3, 0.4) is 0 Å². The molecule has 0 radical (unpaired) electrons. The molecule has 0 aliphatic heterocycles. The van der Waals surface area contributed by atoms with E-state index in [-0.39, 0.29) is 24.9 Å². The average Bonchev–Trinajstić information content (AvgIpc) is 2.73. The molecule has 0 aromatic rings. The third kappa shape index (κ3) is 23.5. The molecule has 5 heteroatoms. The van der Waals surface area contributed by atoms with Gasteiger partial charge in [-0.15, -0.1) is 0 Å². The van der Waals surface area contributed by atoms with E-state index in [1.807, 2.05) is 13.8 Å². The van der Waals surface area contributed by atoms with Crippen LogP contribution < -0.4 is 0 Å². The molecular weight excluding hydrogens is 404 g/mol. The van der Waals surface area contributed by atoms with Crippen LogP contribution in [-0.4, -0.2) is 37.4 Å². The second kappa shape index (κ2) is 23.0. The van der Waals surface area contributed by atoms with Crippen LogP contribution in [0.15, 0.2) is 12.2 Å². The summed E-state index contributed by atoms with van der Waals surface area (Å²) in [7, 11) is 0. The number of esters is 1. The first-order chi connectivity index (χ1) is 15.5. The number of carbonyl (C=O) groups is 2. The third-order valence-corrected chi connectivity index (χ3v) is 5.16. The number of hydrogen-bond acceptors (Lipinski definition) is 5. The zero-order valence-corrected chi connectivity index (χ0v) is 21.4. The van der Waals surface area contributed by atoms with Crippen LogP contribution in [0, 0.1) is 0 Å². The molecule has 0 aromatic heterocycles. The lowest BCUT2D eigenvalue weighted by Gasteiger charge is -2.20. The van der Waals surface area contributed by atoms with Gasteiger partial charge < -0.3 is 14.2 Å². The van der Waals surface area contributed by atoms with Crippen LogP contribution in [0.25, 0.3) is 0 Å². The van der Waals surface area contributed by atoms with E-state index >= 15 is 0 Å². The molecule has 0 saturated carbocycles. The number of hydrogen-bond donors (Lipinski definition) is 0. The van der Waals surface area contributed by atoms with Crippen molar-refractivity contribution in [3.8, 4) is 0 Å². The summed E-state index contributed by atoms with van der Waals surface area (Å²) < 4.78 is 16.5. The van der Waals surface area contributed by atoms with E-state index in [2.05, 4.69) is 19.1 Å². The highest BCUT2D eigenvalue weighted by molar-refractivity contribution is 5.94. The van der Waals surface area contributed by atoms with Crippen LogP contribution in [0.2, 0.25) is 0 Å². The molecule has 1 unspecified atom stereocenters. The lowest BCUT2D eigenvalue weighted by molar-refractivity contribution is -0.195. The Kier molecular flexibility index (Phi) is 22.1. The van der Waals surface area contributed by atoms with Gasteiger partial charge >= 0.3 is 5.97 Å². The summed E-state index contributed by atoms with van der Waals surface area (Å²) in [5.74, 6) is -0.739. The van der Waals surface area contributed by atoms with Crippen LogP contribution in [0.1, 0.15) is 124 Å². The van der Waals surface area contributed by atoms with Crippen molar-refractivity contribution >= 4 is 11.8 Å². The second-order valence-electron chi connectivity index (χ2n) is 8.98. The Morgan fingerprint density at radius 2 is 1.31 bits per heavy atom. The number of Topliss-reactive ketones (excluding diaryl/α,β-unsaturated/α-hetero) is 1. The maximum Gasteiger partial charge on any atom is 0.313 e. The number of ketones is 1. The molecule has 0 spiro atoms. The summed E-state index contributed by atoms with van der Waals surface area (Å²) in [5, 5.41) is 0. The van der Waals surface area contributed by atoms with E-state index in [0.717, 1.165) is 12.8 Å². The summed E-state index contributed by atoms with van der Waals surface area (Å²) in [5.41, 5.74) is 0. The van der Waals surface area contributed by atoms with Gasteiger partial charge in [0, 0.05) is 6.61 Å². The van der Waals surface area contributed by atoms with Crippen LogP contribution in [0.5, 0.6) is 0 Å². The number of carbonyl (C=O) groups excluding carboxylic acids is 2. The van der Waals surface area contributed by atoms with Gasteiger partial charge in [0.2, 0.25) is 0 Å². The van der Waals surface area contributed by atoms with E-state index in [1.165, 1.54) is 84.0 Å². The smallest absolute Gasteiger partial charge is 0.313 e. The van der Waals surface area contributed by atoms with Crippen molar-refractivity contribution in [2.75, 3.05) is 13.2 Å². The Balaban J connectivity index is 3.59. The first-order valence-corrected chi connectivity index (χ1v) is 13.0. The minimum atomic E-state index is -0.575. The molecule has 0 saturated heterocycles. The fourth-order valence-electron chi connectivity index (χ4n) is 3.41. The SMILES string of the molecule is CCCCCCCC/C=C\CCCCCCCCOC(COC(=O)CC(C)=O)OC(C)C. The molecule has 0 fully saturated rings. The normalized spacial score (nSPS) is 12.5. The first-order valence-electron chi connectivity index (χ1n) is 13.0. The van der Waals surface area contributed by atoms with Crippen molar-refractivity contribution in [3.63, 3.8) is 0 Å². The number of rotatable bonds is 23. The van der Waals surface area contributed by atoms with Crippen molar-refractivity contribution in [2.24, 2.45) is 0 Å². The molecule has 0 bridgehead atoms. The molecule has 0 heterocycles. The lowest BCUT2D eigenvalue weighted by atomic mass is 10.1. The predicted octanol–water partition coefficient (Wildman–Crippen LogP) is 7.31. The molecule has 0 amide bonds. The predicted molar refractivity (Wildman–Crippen MR) is 132 cm³/mol. The number of allylic oxidation sites excluding steroid dienone is 2. The molecule has 5 nitrogen and oxygen atoms in total. The van der Waals surface area contributed by atoms with E-state index in [9.17, 15) is 9.59 Å². The topological polar surface area (TPSA) is 61.8 Å².